The Morgan fingerprint density at radius 1 is 1.47 bits per heavy atom. The molecule has 0 amide bonds. The fraction of sp³-hybridized carbons (Fsp3) is 0.600. The number of hydrogen-bond donors (Lipinski definition) is 1. The standard InChI is InChI=1S/C10H18N4S/c1-4-9-12-8(11)7-10(13-9)14(2)5-6-15-3/h7H,4-6H2,1-3H3,(H2,11,12,13). The van der Waals surface area contributed by atoms with Crippen molar-refractivity contribution in [3.05, 3.63) is 11.9 Å². The van der Waals surface area contributed by atoms with Crippen molar-refractivity contribution in [2.45, 2.75) is 13.3 Å². The number of aryl methyl sites for hydroxylation is 1. The Hall–Kier alpha value is -0.970. The maximum absolute atomic E-state index is 5.72. The Kier molecular flexibility index (Phi) is 4.68. The van der Waals surface area contributed by atoms with Crippen LogP contribution in [0.5, 0.6) is 0 Å². The van der Waals surface area contributed by atoms with E-state index in [0.717, 1.165) is 30.4 Å². The predicted molar refractivity (Wildman–Crippen MR) is 67.5 cm³/mol. The second kappa shape index (κ2) is 5.80. The highest BCUT2D eigenvalue weighted by atomic mass is 32.2. The molecule has 5 heteroatoms. The van der Waals surface area contributed by atoms with Gasteiger partial charge in [-0.1, -0.05) is 6.92 Å². The number of aromatic nitrogens is 2. The van der Waals surface area contributed by atoms with Crippen molar-refractivity contribution in [3.8, 4) is 0 Å². The summed E-state index contributed by atoms with van der Waals surface area (Å²) in [5.74, 6) is 3.35. The van der Waals surface area contributed by atoms with Crippen LogP contribution in [0.4, 0.5) is 11.6 Å². The van der Waals surface area contributed by atoms with E-state index >= 15 is 0 Å². The van der Waals surface area contributed by atoms with Crippen LogP contribution in [-0.2, 0) is 6.42 Å². The molecule has 0 atom stereocenters. The summed E-state index contributed by atoms with van der Waals surface area (Å²) in [6.45, 7) is 3.00. The van der Waals surface area contributed by atoms with Gasteiger partial charge in [0.1, 0.15) is 17.5 Å². The minimum absolute atomic E-state index is 0.549. The lowest BCUT2D eigenvalue weighted by Gasteiger charge is -2.18. The first-order valence-electron chi connectivity index (χ1n) is 5.01. The Bertz CT molecular complexity index is 316. The predicted octanol–water partition coefficient (Wildman–Crippen LogP) is 1.42. The van der Waals surface area contributed by atoms with Crippen LogP contribution in [0, 0.1) is 0 Å². The van der Waals surface area contributed by atoms with Gasteiger partial charge in [-0.25, -0.2) is 9.97 Å². The van der Waals surface area contributed by atoms with Crippen molar-refractivity contribution >= 4 is 23.4 Å². The van der Waals surface area contributed by atoms with E-state index in [9.17, 15) is 0 Å². The van der Waals surface area contributed by atoms with Gasteiger partial charge in [0.2, 0.25) is 0 Å². The third kappa shape index (κ3) is 3.58. The Labute approximate surface area is 95.3 Å². The second-order valence-corrected chi connectivity index (χ2v) is 4.32. The molecule has 0 saturated carbocycles. The van der Waals surface area contributed by atoms with Crippen LogP contribution in [0.3, 0.4) is 0 Å². The van der Waals surface area contributed by atoms with Crippen LogP contribution in [0.2, 0.25) is 0 Å². The molecule has 4 nitrogen and oxygen atoms in total. The van der Waals surface area contributed by atoms with Gasteiger partial charge in [0.05, 0.1) is 0 Å². The molecule has 84 valence electrons. The molecule has 0 bridgehead atoms. The lowest BCUT2D eigenvalue weighted by atomic mass is 10.4. The van der Waals surface area contributed by atoms with E-state index in [1.807, 2.05) is 31.8 Å². The topological polar surface area (TPSA) is 55.0 Å². The minimum atomic E-state index is 0.549. The van der Waals surface area contributed by atoms with Gasteiger partial charge >= 0.3 is 0 Å². The molecule has 1 aromatic heterocycles. The average Bonchev–Trinajstić information content (AvgIpc) is 2.24. The van der Waals surface area contributed by atoms with E-state index in [-0.39, 0.29) is 0 Å². The normalized spacial score (nSPS) is 10.3. The molecule has 1 rings (SSSR count). The van der Waals surface area contributed by atoms with E-state index in [1.54, 1.807) is 0 Å². The molecule has 0 unspecified atom stereocenters. The molecule has 2 N–H and O–H groups in total. The lowest BCUT2D eigenvalue weighted by Crippen LogP contribution is -2.22. The number of nitrogens with zero attached hydrogens (tertiary/aromatic N) is 3. The average molecular weight is 226 g/mol. The molecule has 0 spiro atoms. The van der Waals surface area contributed by atoms with Crippen molar-refractivity contribution in [2.24, 2.45) is 0 Å². The maximum atomic E-state index is 5.72. The molecule has 0 aliphatic carbocycles. The van der Waals surface area contributed by atoms with Crippen molar-refractivity contribution in [1.82, 2.24) is 9.97 Å². The third-order valence-corrected chi connectivity index (χ3v) is 2.71. The molecular weight excluding hydrogens is 208 g/mol. The van der Waals surface area contributed by atoms with E-state index in [0.29, 0.717) is 5.82 Å². The maximum Gasteiger partial charge on any atom is 0.134 e. The summed E-state index contributed by atoms with van der Waals surface area (Å²) in [6.07, 6.45) is 2.91. The molecule has 0 aliphatic rings. The number of hydrogen-bond acceptors (Lipinski definition) is 5. The molecule has 0 aliphatic heterocycles. The Morgan fingerprint density at radius 2 is 2.20 bits per heavy atom. The zero-order chi connectivity index (χ0) is 11.3. The number of nitrogens with two attached hydrogens (primary N) is 1. The molecule has 1 heterocycles. The lowest BCUT2D eigenvalue weighted by molar-refractivity contribution is 0.888. The van der Waals surface area contributed by atoms with E-state index in [1.165, 1.54) is 0 Å². The summed E-state index contributed by atoms with van der Waals surface area (Å²) >= 11 is 1.82. The third-order valence-electron chi connectivity index (χ3n) is 2.12. The largest absolute Gasteiger partial charge is 0.384 e. The highest BCUT2D eigenvalue weighted by Gasteiger charge is 2.05. The van der Waals surface area contributed by atoms with Gasteiger partial charge in [-0.2, -0.15) is 11.8 Å². The molecule has 15 heavy (non-hydrogen) atoms. The monoisotopic (exact) mass is 226 g/mol. The number of anilines is 2. The summed E-state index contributed by atoms with van der Waals surface area (Å²) in [5.41, 5.74) is 5.72. The van der Waals surface area contributed by atoms with E-state index in [4.69, 9.17) is 5.73 Å². The zero-order valence-electron chi connectivity index (χ0n) is 9.53. The summed E-state index contributed by atoms with van der Waals surface area (Å²) < 4.78 is 0. The molecule has 0 radical (unpaired) electrons. The summed E-state index contributed by atoms with van der Waals surface area (Å²) in [7, 11) is 2.03. The van der Waals surface area contributed by atoms with E-state index in [2.05, 4.69) is 21.1 Å². The van der Waals surface area contributed by atoms with Crippen LogP contribution >= 0.6 is 11.8 Å². The summed E-state index contributed by atoms with van der Waals surface area (Å²) in [5, 5.41) is 0. The fourth-order valence-electron chi connectivity index (χ4n) is 1.20. The molecule has 1 aromatic rings. The van der Waals surface area contributed by atoms with Crippen molar-refractivity contribution in [2.75, 3.05) is 36.2 Å². The number of nitrogen functional groups attached to an aromatic ring is 1. The summed E-state index contributed by atoms with van der Waals surface area (Å²) in [4.78, 5) is 10.7. The highest BCUT2D eigenvalue weighted by molar-refractivity contribution is 7.98. The molecule has 0 aromatic carbocycles. The van der Waals surface area contributed by atoms with Gasteiger partial charge in [-0.15, -0.1) is 0 Å². The van der Waals surface area contributed by atoms with Crippen molar-refractivity contribution < 1.29 is 0 Å². The van der Waals surface area contributed by atoms with Crippen LogP contribution < -0.4 is 10.6 Å². The first-order chi connectivity index (χ1) is 7.17. The Morgan fingerprint density at radius 3 is 2.80 bits per heavy atom. The first kappa shape index (κ1) is 12.1. The van der Waals surface area contributed by atoms with Crippen LogP contribution in [0.15, 0.2) is 6.07 Å². The van der Waals surface area contributed by atoms with Gasteiger partial charge < -0.3 is 10.6 Å². The molecule has 0 saturated heterocycles. The molecular formula is C10H18N4S. The quantitative estimate of drug-likeness (QED) is 0.823. The first-order valence-corrected chi connectivity index (χ1v) is 6.40. The van der Waals surface area contributed by atoms with Gasteiger partial charge in [0.25, 0.3) is 0 Å². The zero-order valence-corrected chi connectivity index (χ0v) is 10.3. The Balaban J connectivity index is 2.78. The van der Waals surface area contributed by atoms with Gasteiger partial charge in [-0.05, 0) is 6.26 Å². The van der Waals surface area contributed by atoms with E-state index < -0.39 is 0 Å². The number of rotatable bonds is 5. The second-order valence-electron chi connectivity index (χ2n) is 3.34. The minimum Gasteiger partial charge on any atom is -0.384 e. The van der Waals surface area contributed by atoms with Crippen LogP contribution in [0.1, 0.15) is 12.7 Å². The van der Waals surface area contributed by atoms with Gasteiger partial charge in [0, 0.05) is 31.8 Å². The fourth-order valence-corrected chi connectivity index (χ4v) is 1.66. The molecule has 0 fully saturated rings. The van der Waals surface area contributed by atoms with Crippen LogP contribution in [0.25, 0.3) is 0 Å². The summed E-state index contributed by atoms with van der Waals surface area (Å²) in [6, 6.07) is 1.82. The van der Waals surface area contributed by atoms with Crippen LogP contribution in [-0.4, -0.2) is 35.6 Å². The highest BCUT2D eigenvalue weighted by Crippen LogP contribution is 2.13. The SMILES string of the molecule is CCc1nc(N)cc(N(C)CCSC)n1. The van der Waals surface area contributed by atoms with Crippen molar-refractivity contribution in [1.29, 1.82) is 0 Å². The van der Waals surface area contributed by atoms with Crippen molar-refractivity contribution in [3.63, 3.8) is 0 Å². The number of thioether (sulfide) groups is 1. The van der Waals surface area contributed by atoms with Gasteiger partial charge in [0.15, 0.2) is 0 Å². The smallest absolute Gasteiger partial charge is 0.134 e. The van der Waals surface area contributed by atoms with Gasteiger partial charge in [-0.3, -0.25) is 0 Å².